The maximum atomic E-state index is 12.4. The molecular formula is C14H15ClN2OS. The summed E-state index contributed by atoms with van der Waals surface area (Å²) in [6, 6.07) is 9.31. The Morgan fingerprint density at radius 1 is 1.42 bits per heavy atom. The smallest absolute Gasteiger partial charge is 0.265 e. The number of nitrogens with zero attached hydrogens (tertiary/aromatic N) is 1. The van der Waals surface area contributed by atoms with E-state index >= 15 is 0 Å². The zero-order valence-corrected chi connectivity index (χ0v) is 12.2. The normalized spacial score (nSPS) is 10.4. The number of carbonyl (C=O) groups excluding carboxylic acids is 1. The second-order valence-electron chi connectivity index (χ2n) is 4.16. The number of halogens is 1. The Kier molecular flexibility index (Phi) is 4.45. The van der Waals surface area contributed by atoms with E-state index in [2.05, 4.69) is 0 Å². The lowest BCUT2D eigenvalue weighted by Gasteiger charge is -2.20. The maximum absolute atomic E-state index is 12.4. The molecule has 0 spiro atoms. The topological polar surface area (TPSA) is 46.3 Å². The van der Waals surface area contributed by atoms with Gasteiger partial charge in [-0.25, -0.2) is 0 Å². The van der Waals surface area contributed by atoms with Crippen molar-refractivity contribution in [3.8, 4) is 0 Å². The van der Waals surface area contributed by atoms with Crippen molar-refractivity contribution in [2.45, 2.75) is 13.5 Å². The molecule has 2 N–H and O–H groups in total. The zero-order valence-electron chi connectivity index (χ0n) is 10.6. The second-order valence-corrected chi connectivity index (χ2v) is 5.49. The minimum atomic E-state index is -0.0371. The first-order chi connectivity index (χ1) is 9.11. The molecule has 0 aliphatic carbocycles. The van der Waals surface area contributed by atoms with Crippen LogP contribution in [0.15, 0.2) is 35.7 Å². The van der Waals surface area contributed by atoms with Crippen molar-refractivity contribution >= 4 is 34.5 Å². The molecule has 0 saturated carbocycles. The van der Waals surface area contributed by atoms with Crippen LogP contribution in [0.25, 0.3) is 0 Å². The number of nitrogens with two attached hydrogens (primary N) is 1. The van der Waals surface area contributed by atoms with Crippen LogP contribution in [-0.4, -0.2) is 17.4 Å². The van der Waals surface area contributed by atoms with E-state index in [1.165, 1.54) is 11.3 Å². The number of benzene rings is 1. The largest absolute Gasteiger partial charge is 0.399 e. The Hall–Kier alpha value is -1.52. The summed E-state index contributed by atoms with van der Waals surface area (Å²) in [4.78, 5) is 14.7. The fraction of sp³-hybridized carbons (Fsp3) is 0.214. The van der Waals surface area contributed by atoms with Gasteiger partial charge in [0.1, 0.15) is 4.88 Å². The minimum Gasteiger partial charge on any atom is -0.399 e. The molecule has 0 unspecified atom stereocenters. The molecule has 1 heterocycles. The van der Waals surface area contributed by atoms with E-state index in [-0.39, 0.29) is 5.91 Å². The third-order valence-corrected chi connectivity index (χ3v) is 4.13. The molecule has 0 aliphatic rings. The van der Waals surface area contributed by atoms with Gasteiger partial charge in [-0.15, -0.1) is 11.3 Å². The molecule has 1 aromatic carbocycles. The number of hydrogen-bond donors (Lipinski definition) is 1. The summed E-state index contributed by atoms with van der Waals surface area (Å²) < 4.78 is 0. The van der Waals surface area contributed by atoms with Gasteiger partial charge in [0.2, 0.25) is 0 Å². The number of amides is 1. The van der Waals surface area contributed by atoms with Gasteiger partial charge in [0.05, 0.1) is 5.02 Å². The van der Waals surface area contributed by atoms with Crippen molar-refractivity contribution in [1.82, 2.24) is 4.90 Å². The first-order valence-electron chi connectivity index (χ1n) is 5.98. The van der Waals surface area contributed by atoms with Crippen LogP contribution in [0.4, 0.5) is 5.69 Å². The fourth-order valence-electron chi connectivity index (χ4n) is 1.83. The zero-order chi connectivity index (χ0) is 13.8. The first-order valence-corrected chi connectivity index (χ1v) is 7.24. The number of thiophene rings is 1. The van der Waals surface area contributed by atoms with Crippen LogP contribution < -0.4 is 5.73 Å². The predicted octanol–water partition coefficient (Wildman–Crippen LogP) is 3.65. The third kappa shape index (κ3) is 3.28. The number of anilines is 1. The van der Waals surface area contributed by atoms with Gasteiger partial charge in [-0.05, 0) is 36.1 Å². The van der Waals surface area contributed by atoms with E-state index in [1.54, 1.807) is 11.0 Å². The lowest BCUT2D eigenvalue weighted by Crippen LogP contribution is -2.29. The molecule has 19 heavy (non-hydrogen) atoms. The standard InChI is InChI=1S/C14H15ClN2OS/c1-2-17(9-10-4-3-5-11(16)8-10)14(18)13-12(15)6-7-19-13/h3-8H,2,9,16H2,1H3. The average Bonchev–Trinajstić information content (AvgIpc) is 2.81. The molecule has 0 atom stereocenters. The van der Waals surface area contributed by atoms with Gasteiger partial charge in [0.25, 0.3) is 5.91 Å². The molecule has 2 rings (SSSR count). The number of carbonyl (C=O) groups is 1. The van der Waals surface area contributed by atoms with Crippen LogP contribution in [-0.2, 0) is 6.54 Å². The highest BCUT2D eigenvalue weighted by molar-refractivity contribution is 7.12. The van der Waals surface area contributed by atoms with Crippen LogP contribution in [0.2, 0.25) is 5.02 Å². The Morgan fingerprint density at radius 3 is 2.79 bits per heavy atom. The molecule has 5 heteroatoms. The van der Waals surface area contributed by atoms with Crippen molar-refractivity contribution in [3.63, 3.8) is 0 Å². The number of hydrogen-bond acceptors (Lipinski definition) is 3. The summed E-state index contributed by atoms with van der Waals surface area (Å²) in [5, 5.41) is 2.34. The van der Waals surface area contributed by atoms with Crippen LogP contribution in [0.1, 0.15) is 22.2 Å². The lowest BCUT2D eigenvalue weighted by atomic mass is 10.2. The molecule has 2 aromatic rings. The number of rotatable bonds is 4. The maximum Gasteiger partial charge on any atom is 0.265 e. The SMILES string of the molecule is CCN(Cc1cccc(N)c1)C(=O)c1sccc1Cl. The Balaban J connectivity index is 2.17. The molecule has 0 radical (unpaired) electrons. The quantitative estimate of drug-likeness (QED) is 0.875. The summed E-state index contributed by atoms with van der Waals surface area (Å²) in [6.45, 7) is 3.11. The van der Waals surface area contributed by atoms with Gasteiger partial charge >= 0.3 is 0 Å². The monoisotopic (exact) mass is 294 g/mol. The van der Waals surface area contributed by atoms with E-state index in [4.69, 9.17) is 17.3 Å². The summed E-state index contributed by atoms with van der Waals surface area (Å²) in [5.41, 5.74) is 7.47. The summed E-state index contributed by atoms with van der Waals surface area (Å²) in [7, 11) is 0. The molecule has 0 saturated heterocycles. The highest BCUT2D eigenvalue weighted by atomic mass is 35.5. The van der Waals surface area contributed by atoms with Crippen LogP contribution in [0.3, 0.4) is 0 Å². The average molecular weight is 295 g/mol. The van der Waals surface area contributed by atoms with Gasteiger partial charge in [-0.3, -0.25) is 4.79 Å². The Bertz CT molecular complexity index is 582. The van der Waals surface area contributed by atoms with Crippen molar-refractivity contribution in [2.75, 3.05) is 12.3 Å². The summed E-state index contributed by atoms with van der Waals surface area (Å²) in [5.74, 6) is -0.0371. The molecule has 0 fully saturated rings. The minimum absolute atomic E-state index is 0.0371. The number of nitrogen functional groups attached to an aromatic ring is 1. The van der Waals surface area contributed by atoms with Gasteiger partial charge in [-0.2, -0.15) is 0 Å². The molecule has 0 aliphatic heterocycles. The molecule has 1 aromatic heterocycles. The fourth-order valence-corrected chi connectivity index (χ4v) is 2.93. The van der Waals surface area contributed by atoms with Gasteiger partial charge < -0.3 is 10.6 Å². The van der Waals surface area contributed by atoms with Crippen molar-refractivity contribution in [2.24, 2.45) is 0 Å². The summed E-state index contributed by atoms with van der Waals surface area (Å²) in [6.07, 6.45) is 0. The van der Waals surface area contributed by atoms with E-state index in [0.29, 0.717) is 28.7 Å². The van der Waals surface area contributed by atoms with Gasteiger partial charge in [-0.1, -0.05) is 23.7 Å². The van der Waals surface area contributed by atoms with Crippen molar-refractivity contribution in [1.29, 1.82) is 0 Å². The van der Waals surface area contributed by atoms with Crippen LogP contribution in [0.5, 0.6) is 0 Å². The van der Waals surface area contributed by atoms with Crippen LogP contribution in [0, 0.1) is 0 Å². The molecule has 1 amide bonds. The Labute approximate surface area is 121 Å². The molecule has 0 bridgehead atoms. The van der Waals surface area contributed by atoms with E-state index in [1.807, 2.05) is 36.6 Å². The van der Waals surface area contributed by atoms with E-state index in [9.17, 15) is 4.79 Å². The van der Waals surface area contributed by atoms with Crippen molar-refractivity contribution in [3.05, 3.63) is 51.2 Å². The first kappa shape index (κ1) is 13.9. The van der Waals surface area contributed by atoms with E-state index in [0.717, 1.165) is 5.56 Å². The highest BCUT2D eigenvalue weighted by Gasteiger charge is 2.18. The second kappa shape index (κ2) is 6.08. The summed E-state index contributed by atoms with van der Waals surface area (Å²) >= 11 is 7.37. The highest BCUT2D eigenvalue weighted by Crippen LogP contribution is 2.24. The molecule has 100 valence electrons. The van der Waals surface area contributed by atoms with Crippen LogP contribution >= 0.6 is 22.9 Å². The molecular weight excluding hydrogens is 280 g/mol. The predicted molar refractivity (Wildman–Crippen MR) is 80.6 cm³/mol. The molecule has 3 nitrogen and oxygen atoms in total. The lowest BCUT2D eigenvalue weighted by molar-refractivity contribution is 0.0757. The van der Waals surface area contributed by atoms with Gasteiger partial charge in [0, 0.05) is 18.8 Å². The third-order valence-electron chi connectivity index (χ3n) is 2.80. The Morgan fingerprint density at radius 2 is 2.21 bits per heavy atom. The van der Waals surface area contributed by atoms with Crippen molar-refractivity contribution < 1.29 is 4.79 Å². The van der Waals surface area contributed by atoms with E-state index < -0.39 is 0 Å². The van der Waals surface area contributed by atoms with Gasteiger partial charge in [0.15, 0.2) is 0 Å².